The van der Waals surface area contributed by atoms with Crippen molar-refractivity contribution < 1.29 is 0 Å². The Morgan fingerprint density at radius 1 is 0.722 bits per heavy atom. The second kappa shape index (κ2) is 6.91. The van der Waals surface area contributed by atoms with Gasteiger partial charge in [-0.1, -0.05) is 79.8 Å². The van der Waals surface area contributed by atoms with Crippen LogP contribution in [0.3, 0.4) is 0 Å². The molecule has 0 amide bonds. The molecule has 8 unspecified atom stereocenters. The van der Waals surface area contributed by atoms with Crippen molar-refractivity contribution in [2.24, 2.45) is 35.5 Å². The third kappa shape index (κ3) is 2.29. The van der Waals surface area contributed by atoms with Gasteiger partial charge in [-0.25, -0.2) is 0 Å². The Morgan fingerprint density at radius 3 is 2.39 bits per heavy atom. The molecule has 9 rings (SSSR count). The highest BCUT2D eigenvalue weighted by atomic mass is 14.6. The van der Waals surface area contributed by atoms with E-state index in [1.54, 1.807) is 55.7 Å². The molecule has 0 saturated heterocycles. The van der Waals surface area contributed by atoms with Crippen LogP contribution >= 0.6 is 0 Å². The molecule has 0 N–H and O–H groups in total. The zero-order valence-electron chi connectivity index (χ0n) is 21.4. The Hall–Kier alpha value is -2.86. The summed E-state index contributed by atoms with van der Waals surface area (Å²) in [6, 6.07) is 5.07. The minimum atomic E-state index is 0.539. The number of fused-ring (bicyclic) bond motifs is 5. The van der Waals surface area contributed by atoms with Crippen LogP contribution in [0.25, 0.3) is 11.1 Å². The Bertz CT molecular complexity index is 1490. The van der Waals surface area contributed by atoms with Crippen LogP contribution in [-0.4, -0.2) is 0 Å². The Morgan fingerprint density at radius 2 is 1.47 bits per heavy atom. The van der Waals surface area contributed by atoms with E-state index in [4.69, 9.17) is 0 Å². The van der Waals surface area contributed by atoms with Crippen LogP contribution in [0.1, 0.15) is 73.6 Å². The molecule has 1 fully saturated rings. The van der Waals surface area contributed by atoms with Crippen LogP contribution in [0.5, 0.6) is 0 Å². The summed E-state index contributed by atoms with van der Waals surface area (Å²) in [6.07, 6.45) is 29.9. The van der Waals surface area contributed by atoms with E-state index in [0.717, 1.165) is 11.8 Å². The van der Waals surface area contributed by atoms with Crippen LogP contribution in [0.15, 0.2) is 95.2 Å². The first kappa shape index (κ1) is 20.2. The fraction of sp³-hybridized carbons (Fsp3) is 0.389. The summed E-state index contributed by atoms with van der Waals surface area (Å²) in [7, 11) is 0. The third-order valence-corrected chi connectivity index (χ3v) is 11.5. The van der Waals surface area contributed by atoms with Gasteiger partial charge in [0.1, 0.15) is 0 Å². The molecule has 0 bridgehead atoms. The molecule has 0 heterocycles. The summed E-state index contributed by atoms with van der Waals surface area (Å²) in [5.41, 5.74) is 16.3. The van der Waals surface area contributed by atoms with Gasteiger partial charge in [-0.15, -0.1) is 0 Å². The Kier molecular flexibility index (Phi) is 3.88. The SMILES string of the molecule is CC1=C2C=CC=CC2C2CCC3C4C=CC5c6c(ccc(c64)C4=CC=C1C2C43)C1=C(C=CCC1)C5C. The lowest BCUT2D eigenvalue weighted by Crippen LogP contribution is -2.47. The van der Waals surface area contributed by atoms with Crippen molar-refractivity contribution in [1.82, 2.24) is 0 Å². The van der Waals surface area contributed by atoms with E-state index in [9.17, 15) is 0 Å². The molecular formula is C36H34. The number of hydrogen-bond acceptors (Lipinski definition) is 0. The zero-order chi connectivity index (χ0) is 23.7. The number of allylic oxidation sites excluding steroid dienone is 16. The molecule has 0 heteroatoms. The summed E-state index contributed by atoms with van der Waals surface area (Å²) in [5, 5.41) is 0. The van der Waals surface area contributed by atoms with Gasteiger partial charge in [-0.3, -0.25) is 0 Å². The van der Waals surface area contributed by atoms with E-state index in [0.29, 0.717) is 35.5 Å². The highest BCUT2D eigenvalue weighted by molar-refractivity contribution is 5.86. The predicted molar refractivity (Wildman–Crippen MR) is 149 cm³/mol. The Labute approximate surface area is 215 Å². The molecule has 8 aliphatic rings. The van der Waals surface area contributed by atoms with E-state index >= 15 is 0 Å². The summed E-state index contributed by atoms with van der Waals surface area (Å²) >= 11 is 0. The Balaban J connectivity index is 1.28. The van der Waals surface area contributed by atoms with Gasteiger partial charge < -0.3 is 0 Å². The van der Waals surface area contributed by atoms with Gasteiger partial charge in [0.15, 0.2) is 0 Å². The van der Waals surface area contributed by atoms with Gasteiger partial charge in [-0.05, 0) is 118 Å². The van der Waals surface area contributed by atoms with Gasteiger partial charge in [-0.2, -0.15) is 0 Å². The smallest absolute Gasteiger partial charge is 0.00936 e. The second-order valence-electron chi connectivity index (χ2n) is 12.6. The van der Waals surface area contributed by atoms with Gasteiger partial charge >= 0.3 is 0 Å². The molecule has 0 aromatic heterocycles. The molecule has 1 saturated carbocycles. The molecule has 1 aromatic carbocycles. The number of rotatable bonds is 0. The average molecular weight is 467 g/mol. The zero-order valence-corrected chi connectivity index (χ0v) is 21.4. The fourth-order valence-corrected chi connectivity index (χ4v) is 10.1. The minimum absolute atomic E-state index is 0.539. The van der Waals surface area contributed by atoms with Crippen molar-refractivity contribution in [1.29, 1.82) is 0 Å². The summed E-state index contributed by atoms with van der Waals surface area (Å²) < 4.78 is 0. The van der Waals surface area contributed by atoms with Gasteiger partial charge in [0.25, 0.3) is 0 Å². The lowest BCUT2D eigenvalue weighted by atomic mass is 9.47. The standard InChI is InChI=1S/C36H34/c1-19-21-7-3-5-9-25(21)27-15-17-31-30-14-12-24-20(2)22-8-4-6-10-26(22)28-16-18-32(36(30)34(24)28)29-13-11-23(19)33(27)35(29)31/h3-5,7-9,11-14,16,18,20,24-25,27,30-31,33,35H,6,10,15,17H2,1-2H3. The average Bonchev–Trinajstić information content (AvgIpc) is 2.94. The van der Waals surface area contributed by atoms with Crippen LogP contribution in [-0.2, 0) is 0 Å². The molecule has 0 nitrogen and oxygen atoms in total. The first-order valence-electron chi connectivity index (χ1n) is 14.5. The quantitative estimate of drug-likeness (QED) is 0.335. The monoisotopic (exact) mass is 466 g/mol. The normalized spacial score (nSPS) is 39.7. The maximum absolute atomic E-state index is 2.68. The van der Waals surface area contributed by atoms with E-state index < -0.39 is 0 Å². The van der Waals surface area contributed by atoms with E-state index in [1.165, 1.54) is 25.7 Å². The highest BCUT2D eigenvalue weighted by Gasteiger charge is 2.54. The lowest BCUT2D eigenvalue weighted by molar-refractivity contribution is 0.113. The summed E-state index contributed by atoms with van der Waals surface area (Å²) in [5.74, 6) is 5.18. The largest absolute Gasteiger partial charge is 0.0839 e. The van der Waals surface area contributed by atoms with E-state index in [-0.39, 0.29) is 0 Å². The molecule has 0 radical (unpaired) electrons. The molecule has 178 valence electrons. The lowest BCUT2D eigenvalue weighted by Gasteiger charge is -2.57. The van der Waals surface area contributed by atoms with Crippen molar-refractivity contribution in [3.05, 3.63) is 117 Å². The molecule has 36 heavy (non-hydrogen) atoms. The predicted octanol–water partition coefficient (Wildman–Crippen LogP) is 8.84. The maximum atomic E-state index is 2.68. The molecular weight excluding hydrogens is 432 g/mol. The van der Waals surface area contributed by atoms with E-state index in [1.807, 2.05) is 0 Å². The van der Waals surface area contributed by atoms with Gasteiger partial charge in [0.05, 0.1) is 0 Å². The highest BCUT2D eigenvalue weighted by Crippen LogP contribution is 2.66. The second-order valence-corrected chi connectivity index (χ2v) is 12.6. The maximum Gasteiger partial charge on any atom is 0.00936 e. The van der Waals surface area contributed by atoms with Crippen molar-refractivity contribution in [3.8, 4) is 0 Å². The van der Waals surface area contributed by atoms with E-state index in [2.05, 4.69) is 86.7 Å². The number of benzene rings is 1. The van der Waals surface area contributed by atoms with Crippen molar-refractivity contribution in [2.75, 3.05) is 0 Å². The fourth-order valence-electron chi connectivity index (χ4n) is 10.1. The van der Waals surface area contributed by atoms with Crippen LogP contribution in [0.4, 0.5) is 0 Å². The van der Waals surface area contributed by atoms with Crippen molar-refractivity contribution >= 4 is 11.1 Å². The van der Waals surface area contributed by atoms with Crippen LogP contribution in [0, 0.1) is 35.5 Å². The summed E-state index contributed by atoms with van der Waals surface area (Å²) in [6.45, 7) is 4.88. The van der Waals surface area contributed by atoms with Crippen molar-refractivity contribution in [2.45, 2.75) is 51.4 Å². The third-order valence-electron chi connectivity index (χ3n) is 11.5. The molecule has 0 spiro atoms. The van der Waals surface area contributed by atoms with Crippen LogP contribution < -0.4 is 0 Å². The van der Waals surface area contributed by atoms with Gasteiger partial charge in [0.2, 0.25) is 0 Å². The molecule has 1 aromatic rings. The minimum Gasteiger partial charge on any atom is -0.0839 e. The topological polar surface area (TPSA) is 0 Å². The summed E-state index contributed by atoms with van der Waals surface area (Å²) in [4.78, 5) is 0. The first-order chi connectivity index (χ1) is 17.7. The molecule has 8 aliphatic carbocycles. The van der Waals surface area contributed by atoms with Crippen molar-refractivity contribution in [3.63, 3.8) is 0 Å². The molecule has 0 aliphatic heterocycles. The molecule has 8 atom stereocenters. The van der Waals surface area contributed by atoms with Gasteiger partial charge in [0, 0.05) is 17.8 Å². The first-order valence-corrected chi connectivity index (χ1v) is 14.5. The van der Waals surface area contributed by atoms with Crippen LogP contribution in [0.2, 0.25) is 0 Å². The number of hydrogen-bond donors (Lipinski definition) is 0.